The van der Waals surface area contributed by atoms with E-state index in [0.717, 1.165) is 6.04 Å². The van der Waals surface area contributed by atoms with Crippen LogP contribution in [0.25, 0.3) is 0 Å². The molecule has 1 aliphatic heterocycles. The Morgan fingerprint density at radius 2 is 1.85 bits per heavy atom. The summed E-state index contributed by atoms with van der Waals surface area (Å²) in [5, 5.41) is 0. The number of rotatable bonds is 2. The summed E-state index contributed by atoms with van der Waals surface area (Å²) in [6, 6.07) is 0.739. The van der Waals surface area contributed by atoms with Crippen LogP contribution in [0, 0.1) is 5.41 Å². The Labute approximate surface area is 84.5 Å². The van der Waals surface area contributed by atoms with E-state index < -0.39 is 0 Å². The first-order valence-corrected chi connectivity index (χ1v) is 5.81. The Bertz CT molecular complexity index is 131. The summed E-state index contributed by atoms with van der Waals surface area (Å²) >= 11 is 0. The molecule has 0 aromatic rings. The van der Waals surface area contributed by atoms with Crippen molar-refractivity contribution in [2.24, 2.45) is 5.41 Å². The minimum absolute atomic E-state index is 0.615. The van der Waals surface area contributed by atoms with Crippen molar-refractivity contribution >= 4 is 0 Å². The van der Waals surface area contributed by atoms with E-state index >= 15 is 0 Å². The van der Waals surface area contributed by atoms with E-state index in [-0.39, 0.29) is 0 Å². The molecular formula is C12H27N. The summed E-state index contributed by atoms with van der Waals surface area (Å²) in [6.45, 7) is 15.9. The minimum Gasteiger partial charge on any atom is -0.300 e. The number of nitrogens with zero attached hydrogens (tertiary/aromatic N) is 1. The lowest BCUT2D eigenvalue weighted by Crippen LogP contribution is -2.30. The predicted molar refractivity (Wildman–Crippen MR) is 61.1 cm³/mol. The van der Waals surface area contributed by atoms with Crippen molar-refractivity contribution in [2.75, 3.05) is 13.1 Å². The van der Waals surface area contributed by atoms with Crippen molar-refractivity contribution < 1.29 is 0 Å². The maximum Gasteiger partial charge on any atom is 0.00388 e. The smallest absolute Gasteiger partial charge is 0.00388 e. The molecule has 0 radical (unpaired) electrons. The van der Waals surface area contributed by atoms with Crippen molar-refractivity contribution in [1.29, 1.82) is 0 Å². The van der Waals surface area contributed by atoms with Gasteiger partial charge in [-0.25, -0.2) is 0 Å². The van der Waals surface area contributed by atoms with Crippen molar-refractivity contribution in [2.45, 2.75) is 60.4 Å². The van der Waals surface area contributed by atoms with E-state index in [1.165, 1.54) is 25.9 Å². The zero-order valence-electron chi connectivity index (χ0n) is 10.4. The second-order valence-electron chi connectivity index (χ2n) is 4.48. The second kappa shape index (κ2) is 5.64. The third kappa shape index (κ3) is 3.68. The molecule has 1 rings (SSSR count). The van der Waals surface area contributed by atoms with Crippen molar-refractivity contribution in [3.05, 3.63) is 0 Å². The predicted octanol–water partition coefficient (Wildman–Crippen LogP) is 3.54. The normalized spacial score (nSPS) is 28.8. The molecule has 1 saturated heterocycles. The van der Waals surface area contributed by atoms with E-state index in [0.29, 0.717) is 5.41 Å². The fourth-order valence-corrected chi connectivity index (χ4v) is 1.79. The molecule has 1 fully saturated rings. The lowest BCUT2D eigenvalue weighted by Gasteiger charge is -2.25. The Balaban J connectivity index is 0.000000671. The van der Waals surface area contributed by atoms with Crippen LogP contribution in [0.5, 0.6) is 0 Å². The minimum atomic E-state index is 0.615. The number of hydrogen-bond acceptors (Lipinski definition) is 1. The molecule has 0 aromatic heterocycles. The van der Waals surface area contributed by atoms with Gasteiger partial charge in [0.2, 0.25) is 0 Å². The quantitative estimate of drug-likeness (QED) is 0.636. The third-order valence-electron chi connectivity index (χ3n) is 3.17. The van der Waals surface area contributed by atoms with Crippen LogP contribution in [0.4, 0.5) is 0 Å². The first kappa shape index (κ1) is 13.0. The molecule has 1 unspecified atom stereocenters. The highest BCUT2D eigenvalue weighted by Crippen LogP contribution is 2.33. The van der Waals surface area contributed by atoms with E-state index in [4.69, 9.17) is 0 Å². The van der Waals surface area contributed by atoms with Gasteiger partial charge in [-0.15, -0.1) is 0 Å². The molecule has 0 N–H and O–H groups in total. The van der Waals surface area contributed by atoms with Gasteiger partial charge in [-0.05, 0) is 38.6 Å². The summed E-state index contributed by atoms with van der Waals surface area (Å²) in [6.07, 6.45) is 2.72. The van der Waals surface area contributed by atoms with E-state index in [2.05, 4.69) is 32.6 Å². The molecule has 1 atom stereocenters. The van der Waals surface area contributed by atoms with Gasteiger partial charge < -0.3 is 4.90 Å². The lowest BCUT2D eigenvalue weighted by molar-refractivity contribution is 0.230. The van der Waals surface area contributed by atoms with Gasteiger partial charge in [0.25, 0.3) is 0 Å². The third-order valence-corrected chi connectivity index (χ3v) is 3.17. The van der Waals surface area contributed by atoms with E-state index in [1.54, 1.807) is 0 Å². The maximum atomic E-state index is 2.59. The molecular weight excluding hydrogens is 158 g/mol. The number of likely N-dealkylation sites (tertiary alicyclic amines) is 1. The fourth-order valence-electron chi connectivity index (χ4n) is 1.79. The highest BCUT2D eigenvalue weighted by atomic mass is 15.2. The van der Waals surface area contributed by atoms with Crippen LogP contribution < -0.4 is 0 Å². The Morgan fingerprint density at radius 1 is 1.31 bits per heavy atom. The van der Waals surface area contributed by atoms with Crippen molar-refractivity contribution in [1.82, 2.24) is 4.90 Å². The van der Waals surface area contributed by atoms with Crippen LogP contribution in [0.1, 0.15) is 54.4 Å². The molecule has 0 aromatic carbocycles. The largest absolute Gasteiger partial charge is 0.300 e. The van der Waals surface area contributed by atoms with Gasteiger partial charge >= 0.3 is 0 Å². The standard InChI is InChI=1S/C10H21N.C2H6/c1-5-10(4)6-7-11(8-10)9(2)3;1-2/h9H,5-8H2,1-4H3;1-2H3. The molecule has 1 nitrogen and oxygen atoms in total. The number of hydrogen-bond donors (Lipinski definition) is 0. The Hall–Kier alpha value is -0.0400. The van der Waals surface area contributed by atoms with Crippen LogP contribution in [0.15, 0.2) is 0 Å². The molecule has 0 spiro atoms. The summed E-state index contributed by atoms with van der Waals surface area (Å²) in [7, 11) is 0. The first-order valence-electron chi connectivity index (χ1n) is 5.81. The summed E-state index contributed by atoms with van der Waals surface area (Å²) in [4.78, 5) is 2.59. The SMILES string of the molecule is CC.CCC1(C)CCN(C(C)C)C1. The zero-order valence-corrected chi connectivity index (χ0v) is 10.4. The molecule has 0 aliphatic carbocycles. The molecule has 13 heavy (non-hydrogen) atoms. The van der Waals surface area contributed by atoms with Crippen LogP contribution >= 0.6 is 0 Å². The first-order chi connectivity index (χ1) is 6.07. The highest BCUT2D eigenvalue weighted by Gasteiger charge is 2.32. The van der Waals surface area contributed by atoms with Crippen LogP contribution in [-0.2, 0) is 0 Å². The Morgan fingerprint density at radius 3 is 2.08 bits per heavy atom. The summed E-state index contributed by atoms with van der Waals surface area (Å²) in [5.41, 5.74) is 0.615. The van der Waals surface area contributed by atoms with Gasteiger partial charge in [-0.1, -0.05) is 27.7 Å². The second-order valence-corrected chi connectivity index (χ2v) is 4.48. The van der Waals surface area contributed by atoms with Gasteiger partial charge in [0.05, 0.1) is 0 Å². The summed E-state index contributed by atoms with van der Waals surface area (Å²) < 4.78 is 0. The van der Waals surface area contributed by atoms with E-state index in [1.807, 2.05) is 13.8 Å². The van der Waals surface area contributed by atoms with E-state index in [9.17, 15) is 0 Å². The monoisotopic (exact) mass is 185 g/mol. The highest BCUT2D eigenvalue weighted by molar-refractivity contribution is 4.86. The average molecular weight is 185 g/mol. The molecule has 1 aliphatic rings. The molecule has 0 bridgehead atoms. The summed E-state index contributed by atoms with van der Waals surface area (Å²) in [5.74, 6) is 0. The molecule has 80 valence electrons. The van der Waals surface area contributed by atoms with Gasteiger partial charge in [0.1, 0.15) is 0 Å². The van der Waals surface area contributed by atoms with Gasteiger partial charge in [-0.2, -0.15) is 0 Å². The van der Waals surface area contributed by atoms with Gasteiger partial charge in [0, 0.05) is 12.6 Å². The average Bonchev–Trinajstić information content (AvgIpc) is 2.53. The zero-order chi connectivity index (χ0) is 10.5. The Kier molecular flexibility index (Phi) is 5.62. The molecule has 0 amide bonds. The molecule has 1 heterocycles. The topological polar surface area (TPSA) is 3.24 Å². The van der Waals surface area contributed by atoms with Crippen molar-refractivity contribution in [3.8, 4) is 0 Å². The molecule has 1 heteroatoms. The van der Waals surface area contributed by atoms with Crippen LogP contribution in [0.2, 0.25) is 0 Å². The van der Waals surface area contributed by atoms with Gasteiger partial charge in [0.15, 0.2) is 0 Å². The van der Waals surface area contributed by atoms with Crippen molar-refractivity contribution in [3.63, 3.8) is 0 Å². The lowest BCUT2D eigenvalue weighted by atomic mass is 9.87. The maximum absolute atomic E-state index is 2.59. The molecule has 0 saturated carbocycles. The fraction of sp³-hybridized carbons (Fsp3) is 1.00. The van der Waals surface area contributed by atoms with Crippen LogP contribution in [0.3, 0.4) is 0 Å². The van der Waals surface area contributed by atoms with Crippen LogP contribution in [-0.4, -0.2) is 24.0 Å². The van der Waals surface area contributed by atoms with Gasteiger partial charge in [-0.3, -0.25) is 0 Å².